The second-order valence-corrected chi connectivity index (χ2v) is 6.26. The molecule has 0 spiro atoms. The van der Waals surface area contributed by atoms with Gasteiger partial charge in [0.2, 0.25) is 0 Å². The van der Waals surface area contributed by atoms with Crippen LogP contribution in [0.25, 0.3) is 0 Å². The van der Waals surface area contributed by atoms with Gasteiger partial charge in [-0.15, -0.1) is 0 Å². The van der Waals surface area contributed by atoms with Crippen molar-refractivity contribution in [2.45, 2.75) is 31.9 Å². The Kier molecular flexibility index (Phi) is 6.74. The molecule has 146 valence electrons. The number of rotatable bonds is 7. The summed E-state index contributed by atoms with van der Waals surface area (Å²) in [6.45, 7) is 3.14. The number of methoxy groups -OCH3 is 2. The lowest BCUT2D eigenvalue weighted by molar-refractivity contribution is -0.149. The van der Waals surface area contributed by atoms with E-state index in [9.17, 15) is 13.6 Å². The molecule has 0 radical (unpaired) electrons. The highest BCUT2D eigenvalue weighted by atomic mass is 19.1. The Morgan fingerprint density at radius 1 is 0.889 bits per heavy atom. The van der Waals surface area contributed by atoms with Gasteiger partial charge in [-0.05, 0) is 49.2 Å². The third-order valence-corrected chi connectivity index (χ3v) is 4.12. The lowest BCUT2D eigenvalue weighted by Gasteiger charge is -2.26. The zero-order valence-electron chi connectivity index (χ0n) is 15.7. The molecule has 0 aliphatic carbocycles. The van der Waals surface area contributed by atoms with Crippen LogP contribution < -0.4 is 15.2 Å². The number of halogens is 2. The molecule has 0 aliphatic heterocycles. The van der Waals surface area contributed by atoms with Gasteiger partial charge in [0.25, 0.3) is 0 Å². The molecule has 2 atom stereocenters. The van der Waals surface area contributed by atoms with Crippen LogP contribution in [0.3, 0.4) is 0 Å². The van der Waals surface area contributed by atoms with Crippen molar-refractivity contribution in [3.8, 4) is 11.5 Å². The number of benzene rings is 2. The van der Waals surface area contributed by atoms with Crippen LogP contribution in [-0.2, 0) is 9.53 Å². The van der Waals surface area contributed by atoms with E-state index in [1.54, 1.807) is 19.1 Å². The summed E-state index contributed by atoms with van der Waals surface area (Å²) in [6.07, 6.45) is -0.749. The quantitative estimate of drug-likeness (QED) is 0.747. The van der Waals surface area contributed by atoms with Crippen LogP contribution in [-0.4, -0.2) is 32.3 Å². The third kappa shape index (κ3) is 5.17. The Bertz CT molecular complexity index is 757. The topological polar surface area (TPSA) is 70.8 Å². The summed E-state index contributed by atoms with van der Waals surface area (Å²) in [5.41, 5.74) is 6.49. The number of esters is 1. The van der Waals surface area contributed by atoms with Crippen molar-refractivity contribution in [1.82, 2.24) is 0 Å². The van der Waals surface area contributed by atoms with Crippen LogP contribution in [0.2, 0.25) is 0 Å². The number of hydrogen-bond donors (Lipinski definition) is 1. The highest BCUT2D eigenvalue weighted by Crippen LogP contribution is 2.35. The van der Waals surface area contributed by atoms with Crippen LogP contribution in [0.5, 0.6) is 11.5 Å². The molecule has 27 heavy (non-hydrogen) atoms. The smallest absolute Gasteiger partial charge is 0.322 e. The normalized spacial score (nSPS) is 13.2. The summed E-state index contributed by atoms with van der Waals surface area (Å²) in [5.74, 6) is -1.74. The van der Waals surface area contributed by atoms with Crippen LogP contribution in [0.1, 0.15) is 30.9 Å². The lowest BCUT2D eigenvalue weighted by atomic mass is 9.86. The zero-order chi connectivity index (χ0) is 20.1. The van der Waals surface area contributed by atoms with E-state index in [0.29, 0.717) is 22.6 Å². The van der Waals surface area contributed by atoms with Gasteiger partial charge >= 0.3 is 5.97 Å². The van der Waals surface area contributed by atoms with Gasteiger partial charge in [-0.3, -0.25) is 4.79 Å². The first-order valence-corrected chi connectivity index (χ1v) is 8.40. The molecule has 5 nitrogen and oxygen atoms in total. The maximum Gasteiger partial charge on any atom is 0.322 e. The molecule has 0 bridgehead atoms. The molecule has 2 rings (SSSR count). The van der Waals surface area contributed by atoms with Crippen LogP contribution in [0, 0.1) is 11.6 Å². The minimum absolute atomic E-state index is 0.295. The molecular weight excluding hydrogens is 356 g/mol. The Labute approximate surface area is 157 Å². The average molecular weight is 379 g/mol. The van der Waals surface area contributed by atoms with Crippen LogP contribution >= 0.6 is 0 Å². The van der Waals surface area contributed by atoms with Gasteiger partial charge in [0.1, 0.15) is 35.3 Å². The second-order valence-electron chi connectivity index (χ2n) is 6.26. The summed E-state index contributed by atoms with van der Waals surface area (Å²) in [4.78, 5) is 12.0. The van der Waals surface area contributed by atoms with Crippen molar-refractivity contribution < 1.29 is 27.8 Å². The first-order chi connectivity index (χ1) is 12.7. The van der Waals surface area contributed by atoms with Crippen molar-refractivity contribution in [3.63, 3.8) is 0 Å². The first-order valence-electron chi connectivity index (χ1n) is 8.40. The summed E-state index contributed by atoms with van der Waals surface area (Å²) >= 11 is 0. The maximum atomic E-state index is 14.1. The highest BCUT2D eigenvalue weighted by molar-refractivity contribution is 5.75. The minimum Gasteiger partial charge on any atom is -0.497 e. The molecule has 2 N–H and O–H groups in total. The lowest BCUT2D eigenvalue weighted by Crippen LogP contribution is -2.33. The monoisotopic (exact) mass is 379 g/mol. The number of hydrogen-bond acceptors (Lipinski definition) is 5. The Morgan fingerprint density at radius 2 is 1.33 bits per heavy atom. The molecule has 2 aromatic carbocycles. The summed E-state index contributed by atoms with van der Waals surface area (Å²) < 4.78 is 43.8. The predicted octanol–water partition coefficient (Wildman–Crippen LogP) is 3.39. The van der Waals surface area contributed by atoms with E-state index in [4.69, 9.17) is 19.9 Å². The summed E-state index contributed by atoms with van der Waals surface area (Å²) in [6, 6.07) is 7.44. The molecule has 2 aromatic rings. The van der Waals surface area contributed by atoms with Gasteiger partial charge in [-0.25, -0.2) is 8.78 Å². The maximum absolute atomic E-state index is 14.1. The van der Waals surface area contributed by atoms with Crippen molar-refractivity contribution in [2.75, 3.05) is 14.2 Å². The number of ether oxygens (including phenoxy) is 3. The molecule has 0 fully saturated rings. The fraction of sp³-hybridized carbons (Fsp3) is 0.350. The van der Waals surface area contributed by atoms with Gasteiger partial charge in [-0.2, -0.15) is 0 Å². The Morgan fingerprint density at radius 3 is 1.70 bits per heavy atom. The van der Waals surface area contributed by atoms with E-state index in [2.05, 4.69) is 0 Å². The first kappa shape index (κ1) is 20.6. The van der Waals surface area contributed by atoms with E-state index in [1.165, 1.54) is 45.4 Å². The minimum atomic E-state index is -0.822. The van der Waals surface area contributed by atoms with E-state index in [1.807, 2.05) is 0 Å². The Hall–Kier alpha value is -2.67. The van der Waals surface area contributed by atoms with Gasteiger partial charge in [0, 0.05) is 18.1 Å². The van der Waals surface area contributed by atoms with Gasteiger partial charge in [-0.1, -0.05) is 0 Å². The number of carbonyl (C=O) groups is 1. The average Bonchev–Trinajstić information content (AvgIpc) is 2.60. The Balaban J connectivity index is 2.56. The van der Waals surface area contributed by atoms with Crippen LogP contribution in [0.15, 0.2) is 36.4 Å². The SMILES string of the molecule is COc1cc(F)cc(C(c2cc(F)cc(OC)c2)[C@H](C)OC(=O)[C@H](C)N)c1. The second kappa shape index (κ2) is 8.81. The molecule has 0 aliphatic rings. The van der Waals surface area contributed by atoms with Crippen LogP contribution in [0.4, 0.5) is 8.78 Å². The molecule has 7 heteroatoms. The molecule has 0 amide bonds. The predicted molar refractivity (Wildman–Crippen MR) is 97.0 cm³/mol. The molecule has 0 aromatic heterocycles. The van der Waals surface area contributed by atoms with Gasteiger partial charge in [0.05, 0.1) is 14.2 Å². The van der Waals surface area contributed by atoms with E-state index in [-0.39, 0.29) is 0 Å². The standard InChI is InChI=1S/C20H23F2NO4/c1-11(23)20(24)27-12(2)19(13-5-15(21)9-17(7-13)25-3)14-6-16(22)10-18(8-14)26-4/h5-12,19H,23H2,1-4H3/t11-,12-/m0/s1. The van der Waals surface area contributed by atoms with Crippen molar-refractivity contribution >= 4 is 5.97 Å². The highest BCUT2D eigenvalue weighted by Gasteiger charge is 2.28. The fourth-order valence-corrected chi connectivity index (χ4v) is 2.86. The molecular formula is C20H23F2NO4. The largest absolute Gasteiger partial charge is 0.497 e. The summed E-state index contributed by atoms with van der Waals surface area (Å²) in [5, 5.41) is 0. The van der Waals surface area contributed by atoms with E-state index >= 15 is 0 Å². The third-order valence-electron chi connectivity index (χ3n) is 4.12. The fourth-order valence-electron chi connectivity index (χ4n) is 2.86. The van der Waals surface area contributed by atoms with Crippen molar-refractivity contribution in [3.05, 3.63) is 59.2 Å². The van der Waals surface area contributed by atoms with E-state index < -0.39 is 35.7 Å². The van der Waals surface area contributed by atoms with E-state index in [0.717, 1.165) is 0 Å². The molecule has 0 saturated heterocycles. The molecule has 0 saturated carbocycles. The van der Waals surface area contributed by atoms with Gasteiger partial charge in [0.15, 0.2) is 0 Å². The van der Waals surface area contributed by atoms with Crippen molar-refractivity contribution in [1.29, 1.82) is 0 Å². The van der Waals surface area contributed by atoms with Gasteiger partial charge < -0.3 is 19.9 Å². The molecule has 0 heterocycles. The zero-order valence-corrected chi connectivity index (χ0v) is 15.7. The number of carbonyl (C=O) groups excluding carboxylic acids is 1. The molecule has 0 unspecified atom stereocenters. The van der Waals surface area contributed by atoms with Crippen molar-refractivity contribution in [2.24, 2.45) is 5.73 Å². The summed E-state index contributed by atoms with van der Waals surface area (Å²) in [7, 11) is 2.83. The number of nitrogens with two attached hydrogens (primary N) is 1.